The number of carbonyl (C=O) groups is 1. The summed E-state index contributed by atoms with van der Waals surface area (Å²) in [6.45, 7) is 4.61. The van der Waals surface area contributed by atoms with Crippen LogP contribution in [0.3, 0.4) is 0 Å². The van der Waals surface area contributed by atoms with Crippen LogP contribution in [0.4, 0.5) is 0 Å². The van der Waals surface area contributed by atoms with Crippen molar-refractivity contribution in [3.05, 3.63) is 0 Å². The minimum Gasteiger partial charge on any atom is -0.465 e. The zero-order valence-electron chi connectivity index (χ0n) is 8.52. The molecule has 0 N–H and O–H groups in total. The Morgan fingerprint density at radius 3 is 2.86 bits per heavy atom. The number of carbonyl (C=O) groups excluding carboxylic acids is 1. The van der Waals surface area contributed by atoms with Gasteiger partial charge in [-0.3, -0.25) is 9.00 Å². The van der Waals surface area contributed by atoms with Crippen molar-refractivity contribution in [1.29, 1.82) is 0 Å². The predicted octanol–water partition coefficient (Wildman–Crippen LogP) is 0.476. The Morgan fingerprint density at radius 2 is 2.36 bits per heavy atom. The van der Waals surface area contributed by atoms with Crippen molar-refractivity contribution in [2.75, 3.05) is 19.0 Å². The summed E-state index contributed by atoms with van der Waals surface area (Å²) in [5.41, 5.74) is 0. The molecule has 82 valence electrons. The van der Waals surface area contributed by atoms with Gasteiger partial charge in [0.25, 0.3) is 0 Å². The van der Waals surface area contributed by atoms with Crippen molar-refractivity contribution >= 4 is 16.8 Å². The van der Waals surface area contributed by atoms with Gasteiger partial charge in [0.2, 0.25) is 0 Å². The fraction of sp³-hybridized carbons (Fsp3) is 0.889. The van der Waals surface area contributed by atoms with E-state index in [0.29, 0.717) is 13.2 Å². The third kappa shape index (κ3) is 3.06. The highest BCUT2D eigenvalue weighted by molar-refractivity contribution is 7.86. The Bertz CT molecular complexity index is 229. The Labute approximate surface area is 86.4 Å². The minimum absolute atomic E-state index is 0.00773. The average Bonchev–Trinajstić information content (AvgIpc) is 2.51. The van der Waals surface area contributed by atoms with Crippen molar-refractivity contribution in [2.45, 2.75) is 31.6 Å². The molecule has 0 bridgehead atoms. The number of hydrogen-bond donors (Lipinski definition) is 0. The zero-order valence-corrected chi connectivity index (χ0v) is 9.34. The number of esters is 1. The van der Waals surface area contributed by atoms with Crippen LogP contribution in [-0.2, 0) is 25.1 Å². The molecule has 5 heteroatoms. The van der Waals surface area contributed by atoms with E-state index in [1.807, 2.05) is 6.92 Å². The smallest absolute Gasteiger partial charge is 0.318 e. The maximum Gasteiger partial charge on any atom is 0.318 e. The molecule has 0 amide bonds. The molecule has 0 aromatic rings. The summed E-state index contributed by atoms with van der Waals surface area (Å²) in [5, 5.41) is -0.0144. The fourth-order valence-electron chi connectivity index (χ4n) is 1.48. The van der Waals surface area contributed by atoms with Gasteiger partial charge in [-0.05, 0) is 20.3 Å². The topological polar surface area (TPSA) is 52.6 Å². The van der Waals surface area contributed by atoms with Crippen molar-refractivity contribution in [2.24, 2.45) is 0 Å². The lowest BCUT2D eigenvalue weighted by molar-refractivity contribution is -0.139. The molecule has 3 atom stereocenters. The molecule has 3 unspecified atom stereocenters. The summed E-state index contributed by atoms with van der Waals surface area (Å²) in [5.74, 6) is -0.392. The first-order valence-corrected chi connectivity index (χ1v) is 6.17. The van der Waals surface area contributed by atoms with Crippen LogP contribution >= 0.6 is 0 Å². The van der Waals surface area contributed by atoms with Gasteiger partial charge in [-0.15, -0.1) is 0 Å². The summed E-state index contributed by atoms with van der Waals surface area (Å²) in [6.07, 6.45) is 0.762. The monoisotopic (exact) mass is 220 g/mol. The van der Waals surface area contributed by atoms with Gasteiger partial charge in [-0.25, -0.2) is 0 Å². The molecule has 0 spiro atoms. The molecule has 1 aliphatic rings. The number of ether oxygens (including phenoxy) is 2. The summed E-state index contributed by atoms with van der Waals surface area (Å²) >= 11 is 0. The molecule has 1 heterocycles. The van der Waals surface area contributed by atoms with E-state index in [1.54, 1.807) is 6.92 Å². The second kappa shape index (κ2) is 5.46. The van der Waals surface area contributed by atoms with Crippen molar-refractivity contribution in [3.63, 3.8) is 0 Å². The molecule has 4 nitrogen and oxygen atoms in total. The predicted molar refractivity (Wildman–Crippen MR) is 53.5 cm³/mol. The van der Waals surface area contributed by atoms with Crippen LogP contribution in [-0.4, -0.2) is 40.5 Å². The molecule has 1 fully saturated rings. The third-order valence-corrected chi connectivity index (χ3v) is 4.02. The van der Waals surface area contributed by atoms with E-state index in [-0.39, 0.29) is 23.1 Å². The van der Waals surface area contributed by atoms with E-state index in [0.717, 1.165) is 6.42 Å². The number of rotatable bonds is 4. The normalized spacial score (nSPS) is 28.7. The Kier molecular flexibility index (Phi) is 4.54. The molecule has 1 aliphatic heterocycles. The third-order valence-electron chi connectivity index (χ3n) is 2.21. The highest BCUT2D eigenvalue weighted by Crippen LogP contribution is 2.18. The van der Waals surface area contributed by atoms with Crippen molar-refractivity contribution in [3.8, 4) is 0 Å². The van der Waals surface area contributed by atoms with E-state index in [9.17, 15) is 9.00 Å². The van der Waals surface area contributed by atoms with Crippen molar-refractivity contribution < 1.29 is 18.5 Å². The second-order valence-electron chi connectivity index (χ2n) is 3.23. The van der Waals surface area contributed by atoms with Gasteiger partial charge in [-0.1, -0.05) is 0 Å². The van der Waals surface area contributed by atoms with Crippen LogP contribution < -0.4 is 0 Å². The van der Waals surface area contributed by atoms with Gasteiger partial charge >= 0.3 is 5.97 Å². The van der Waals surface area contributed by atoms with E-state index in [1.165, 1.54) is 0 Å². The van der Waals surface area contributed by atoms with Gasteiger partial charge in [0.05, 0.1) is 18.0 Å². The van der Waals surface area contributed by atoms with Crippen LogP contribution in [0.5, 0.6) is 0 Å². The molecule has 14 heavy (non-hydrogen) atoms. The van der Waals surface area contributed by atoms with Gasteiger partial charge in [0.15, 0.2) is 0 Å². The Balaban J connectivity index is 2.37. The van der Waals surface area contributed by atoms with Crippen LogP contribution in [0.25, 0.3) is 0 Å². The fourth-order valence-corrected chi connectivity index (χ4v) is 2.88. The molecule has 1 saturated heterocycles. The molecule has 0 radical (unpaired) electrons. The van der Waals surface area contributed by atoms with E-state index in [4.69, 9.17) is 9.47 Å². The lowest BCUT2D eigenvalue weighted by atomic mass is 10.3. The first-order chi connectivity index (χ1) is 6.65. The van der Waals surface area contributed by atoms with Gasteiger partial charge < -0.3 is 9.47 Å². The van der Waals surface area contributed by atoms with Crippen LogP contribution in [0, 0.1) is 0 Å². The van der Waals surface area contributed by atoms with Crippen LogP contribution in [0.2, 0.25) is 0 Å². The van der Waals surface area contributed by atoms with Gasteiger partial charge in [0, 0.05) is 17.4 Å². The van der Waals surface area contributed by atoms with E-state index < -0.39 is 10.8 Å². The Hall–Kier alpha value is -0.420. The highest BCUT2D eigenvalue weighted by atomic mass is 32.2. The van der Waals surface area contributed by atoms with Crippen molar-refractivity contribution in [1.82, 2.24) is 0 Å². The summed E-state index contributed by atoms with van der Waals surface area (Å²) in [7, 11) is -1.16. The SMILES string of the molecule is CCOC(=O)CS(=O)C1CCOC1C. The molecule has 0 saturated carbocycles. The highest BCUT2D eigenvalue weighted by Gasteiger charge is 2.30. The van der Waals surface area contributed by atoms with Crippen LogP contribution in [0.15, 0.2) is 0 Å². The van der Waals surface area contributed by atoms with E-state index >= 15 is 0 Å². The van der Waals surface area contributed by atoms with Crippen LogP contribution in [0.1, 0.15) is 20.3 Å². The standard InChI is InChI=1S/C9H16O4S/c1-3-12-9(10)6-14(11)8-4-5-13-7(8)2/h7-8H,3-6H2,1-2H3. The average molecular weight is 220 g/mol. The molecule has 0 aromatic heterocycles. The molecule has 1 rings (SSSR count). The quantitative estimate of drug-likeness (QED) is 0.646. The summed E-state index contributed by atoms with van der Waals surface area (Å²) < 4.78 is 21.7. The molecule has 0 aliphatic carbocycles. The lowest BCUT2D eigenvalue weighted by Gasteiger charge is -2.12. The molecule has 0 aromatic carbocycles. The Morgan fingerprint density at radius 1 is 1.64 bits per heavy atom. The van der Waals surface area contributed by atoms with Gasteiger partial charge in [0.1, 0.15) is 5.75 Å². The van der Waals surface area contributed by atoms with E-state index in [2.05, 4.69) is 0 Å². The summed E-state index contributed by atoms with van der Waals surface area (Å²) in [4.78, 5) is 11.1. The first kappa shape index (κ1) is 11.7. The van der Waals surface area contributed by atoms with Gasteiger partial charge in [-0.2, -0.15) is 0 Å². The lowest BCUT2D eigenvalue weighted by Crippen LogP contribution is -2.28. The zero-order chi connectivity index (χ0) is 10.6. The largest absolute Gasteiger partial charge is 0.465 e. The maximum atomic E-state index is 11.7. The molecular weight excluding hydrogens is 204 g/mol. The summed E-state index contributed by atoms with van der Waals surface area (Å²) in [6, 6.07) is 0. The molecular formula is C9H16O4S. The maximum absolute atomic E-state index is 11.7. The second-order valence-corrected chi connectivity index (χ2v) is 4.89. The first-order valence-electron chi connectivity index (χ1n) is 4.79. The number of hydrogen-bond acceptors (Lipinski definition) is 4. The minimum atomic E-state index is -1.16.